The van der Waals surface area contributed by atoms with Crippen LogP contribution in [0.3, 0.4) is 0 Å². The number of hydrogen-bond donors (Lipinski definition) is 0. The van der Waals surface area contributed by atoms with Gasteiger partial charge in [-0.25, -0.2) is 4.79 Å². The summed E-state index contributed by atoms with van der Waals surface area (Å²) in [6.07, 6.45) is 0. The van der Waals surface area contributed by atoms with E-state index < -0.39 is 12.6 Å². The molecule has 1 aliphatic rings. The van der Waals surface area contributed by atoms with E-state index >= 15 is 0 Å². The molecule has 0 unspecified atom stereocenters. The van der Waals surface area contributed by atoms with Gasteiger partial charge in [0.15, 0.2) is 18.1 Å². The van der Waals surface area contributed by atoms with E-state index in [0.29, 0.717) is 17.1 Å². The maximum Gasteiger partial charge on any atom is 0.341 e. The molecule has 0 fully saturated rings. The number of rotatable bonds is 5. The molecule has 0 saturated carbocycles. The van der Waals surface area contributed by atoms with E-state index in [-0.39, 0.29) is 28.2 Å². The van der Waals surface area contributed by atoms with Crippen molar-refractivity contribution < 1.29 is 23.8 Å². The van der Waals surface area contributed by atoms with E-state index in [9.17, 15) is 9.59 Å². The highest BCUT2D eigenvalue weighted by Gasteiger charge is 2.22. The number of carbonyl (C=O) groups excluding carboxylic acids is 2. The quantitative estimate of drug-likeness (QED) is 0.400. The van der Waals surface area contributed by atoms with Gasteiger partial charge in [0.2, 0.25) is 12.6 Å². The molecule has 0 aliphatic carbocycles. The third kappa shape index (κ3) is 3.64. The minimum Gasteiger partial charge on any atom is -0.454 e. The SMILES string of the molecule is Cc1cc(C(=O)COC(=O)c2c(Cl)cccc2Cl)c(C)n1-c1ccc2c(c1)OCO2. The maximum absolute atomic E-state index is 12.8. The molecule has 0 spiro atoms. The zero-order valence-corrected chi connectivity index (χ0v) is 17.7. The normalized spacial score (nSPS) is 12.1. The van der Waals surface area contributed by atoms with Gasteiger partial charge in [-0.2, -0.15) is 0 Å². The van der Waals surface area contributed by atoms with Crippen molar-refractivity contribution in [2.24, 2.45) is 0 Å². The molecule has 0 radical (unpaired) electrons. The second kappa shape index (κ2) is 8.05. The number of ether oxygens (including phenoxy) is 3. The first-order valence-electron chi connectivity index (χ1n) is 9.10. The van der Waals surface area contributed by atoms with E-state index in [1.807, 2.05) is 36.6 Å². The summed E-state index contributed by atoms with van der Waals surface area (Å²) in [7, 11) is 0. The lowest BCUT2D eigenvalue weighted by atomic mass is 10.1. The predicted molar refractivity (Wildman–Crippen MR) is 112 cm³/mol. The third-order valence-electron chi connectivity index (χ3n) is 4.85. The van der Waals surface area contributed by atoms with Crippen molar-refractivity contribution in [2.75, 3.05) is 13.4 Å². The number of nitrogens with zero attached hydrogens (tertiary/aromatic N) is 1. The van der Waals surface area contributed by atoms with Crippen molar-refractivity contribution in [3.05, 3.63) is 75.0 Å². The molecule has 3 aromatic rings. The number of aromatic nitrogens is 1. The molecule has 6 nitrogen and oxygen atoms in total. The average molecular weight is 446 g/mol. The smallest absolute Gasteiger partial charge is 0.341 e. The predicted octanol–water partition coefficient (Wildman–Crippen LogP) is 5.17. The highest BCUT2D eigenvalue weighted by Crippen LogP contribution is 2.35. The van der Waals surface area contributed by atoms with Crippen LogP contribution in [-0.2, 0) is 4.74 Å². The van der Waals surface area contributed by atoms with Crippen LogP contribution in [0.15, 0.2) is 42.5 Å². The van der Waals surface area contributed by atoms with Crippen LogP contribution < -0.4 is 9.47 Å². The molecule has 1 aliphatic heterocycles. The minimum absolute atomic E-state index is 0.0412. The van der Waals surface area contributed by atoms with E-state index in [1.165, 1.54) is 12.1 Å². The molecule has 154 valence electrons. The molecule has 1 aromatic heterocycles. The summed E-state index contributed by atoms with van der Waals surface area (Å²) in [6.45, 7) is 3.49. The largest absolute Gasteiger partial charge is 0.454 e. The van der Waals surface area contributed by atoms with Gasteiger partial charge < -0.3 is 18.8 Å². The molecule has 0 N–H and O–H groups in total. The first kappa shape index (κ1) is 20.3. The summed E-state index contributed by atoms with van der Waals surface area (Å²) >= 11 is 12.0. The molecule has 2 aromatic carbocycles. The van der Waals surface area contributed by atoms with Gasteiger partial charge in [0, 0.05) is 28.7 Å². The Kier molecular flexibility index (Phi) is 5.45. The fraction of sp³-hybridized carbons (Fsp3) is 0.182. The van der Waals surface area contributed by atoms with Crippen LogP contribution in [0, 0.1) is 13.8 Å². The molecule has 0 atom stereocenters. The fourth-order valence-corrected chi connectivity index (χ4v) is 3.99. The van der Waals surface area contributed by atoms with Crippen LogP contribution in [-0.4, -0.2) is 29.7 Å². The first-order chi connectivity index (χ1) is 14.4. The van der Waals surface area contributed by atoms with Gasteiger partial charge in [0.25, 0.3) is 0 Å². The van der Waals surface area contributed by atoms with Gasteiger partial charge in [-0.3, -0.25) is 4.79 Å². The Morgan fingerprint density at radius 1 is 1.03 bits per heavy atom. The Labute approximate surface area is 182 Å². The number of Topliss-reactive ketones (excluding diaryl/α,β-unsaturated/α-hetero) is 1. The van der Waals surface area contributed by atoms with Crippen molar-refractivity contribution in [1.82, 2.24) is 4.57 Å². The molecule has 30 heavy (non-hydrogen) atoms. The number of ketones is 1. The topological polar surface area (TPSA) is 66.8 Å². The summed E-state index contributed by atoms with van der Waals surface area (Å²) in [5, 5.41) is 0.335. The van der Waals surface area contributed by atoms with E-state index in [4.69, 9.17) is 37.4 Å². The van der Waals surface area contributed by atoms with Gasteiger partial charge in [-0.1, -0.05) is 29.3 Å². The lowest BCUT2D eigenvalue weighted by Crippen LogP contribution is -2.15. The molecule has 0 amide bonds. The zero-order chi connectivity index (χ0) is 21.4. The number of benzene rings is 2. The number of hydrogen-bond acceptors (Lipinski definition) is 5. The van der Waals surface area contributed by atoms with Crippen LogP contribution in [0.4, 0.5) is 0 Å². The van der Waals surface area contributed by atoms with Gasteiger partial charge in [-0.05, 0) is 44.2 Å². The van der Waals surface area contributed by atoms with Gasteiger partial charge in [0.05, 0.1) is 15.6 Å². The van der Waals surface area contributed by atoms with Gasteiger partial charge >= 0.3 is 5.97 Å². The average Bonchev–Trinajstić information content (AvgIpc) is 3.29. The summed E-state index contributed by atoms with van der Waals surface area (Å²) in [6, 6.07) is 12.0. The van der Waals surface area contributed by atoms with Crippen LogP contribution in [0.2, 0.25) is 10.0 Å². The van der Waals surface area contributed by atoms with Crippen molar-refractivity contribution in [3.8, 4) is 17.2 Å². The van der Waals surface area contributed by atoms with Crippen LogP contribution >= 0.6 is 23.2 Å². The van der Waals surface area contributed by atoms with E-state index in [1.54, 1.807) is 12.1 Å². The Balaban J connectivity index is 1.54. The summed E-state index contributed by atoms with van der Waals surface area (Å²) in [5.74, 6) is 0.260. The van der Waals surface area contributed by atoms with Crippen LogP contribution in [0.25, 0.3) is 5.69 Å². The zero-order valence-electron chi connectivity index (χ0n) is 16.2. The minimum atomic E-state index is -0.747. The third-order valence-corrected chi connectivity index (χ3v) is 5.48. The molecular weight excluding hydrogens is 429 g/mol. The number of carbonyl (C=O) groups is 2. The Morgan fingerprint density at radius 3 is 2.47 bits per heavy atom. The molecule has 0 saturated heterocycles. The lowest BCUT2D eigenvalue weighted by Gasteiger charge is -2.11. The number of fused-ring (bicyclic) bond motifs is 1. The highest BCUT2D eigenvalue weighted by atomic mass is 35.5. The summed E-state index contributed by atoms with van der Waals surface area (Å²) in [4.78, 5) is 25.1. The van der Waals surface area contributed by atoms with Gasteiger partial charge in [0.1, 0.15) is 0 Å². The first-order valence-corrected chi connectivity index (χ1v) is 9.85. The monoisotopic (exact) mass is 445 g/mol. The molecule has 4 rings (SSSR count). The second-order valence-corrected chi connectivity index (χ2v) is 7.57. The molecule has 8 heteroatoms. The number of aryl methyl sites for hydroxylation is 1. The molecular formula is C22H17Cl2NO5. The van der Waals surface area contributed by atoms with Crippen molar-refractivity contribution in [2.45, 2.75) is 13.8 Å². The standard InChI is InChI=1S/C22H17Cl2NO5/c1-12-8-15(13(2)25(12)14-6-7-19-20(9-14)30-11-29-19)18(26)10-28-22(27)21-16(23)4-3-5-17(21)24/h3-9H,10-11H2,1-2H3. The summed E-state index contributed by atoms with van der Waals surface area (Å²) in [5.41, 5.74) is 2.93. The number of esters is 1. The molecule has 2 heterocycles. The van der Waals surface area contributed by atoms with E-state index in [0.717, 1.165) is 17.1 Å². The fourth-order valence-electron chi connectivity index (χ4n) is 3.44. The highest BCUT2D eigenvalue weighted by molar-refractivity contribution is 6.39. The van der Waals surface area contributed by atoms with Gasteiger partial charge in [-0.15, -0.1) is 0 Å². The second-order valence-electron chi connectivity index (χ2n) is 6.75. The van der Waals surface area contributed by atoms with Crippen LogP contribution in [0.1, 0.15) is 32.1 Å². The summed E-state index contributed by atoms with van der Waals surface area (Å²) < 4.78 is 17.9. The van der Waals surface area contributed by atoms with Crippen LogP contribution in [0.5, 0.6) is 11.5 Å². The maximum atomic E-state index is 12.8. The molecule has 0 bridgehead atoms. The lowest BCUT2D eigenvalue weighted by molar-refractivity contribution is 0.0475. The Morgan fingerprint density at radius 2 is 1.73 bits per heavy atom. The Bertz CT molecular complexity index is 1150. The Hall–Kier alpha value is -2.96. The number of halogens is 2. The van der Waals surface area contributed by atoms with E-state index in [2.05, 4.69) is 0 Å². The van der Waals surface area contributed by atoms with Crippen molar-refractivity contribution in [3.63, 3.8) is 0 Å². The van der Waals surface area contributed by atoms with Crippen molar-refractivity contribution >= 4 is 35.0 Å². The van der Waals surface area contributed by atoms with Crippen molar-refractivity contribution in [1.29, 1.82) is 0 Å².